The van der Waals surface area contributed by atoms with Gasteiger partial charge in [0.05, 0.1) is 13.2 Å². The number of rotatable bonds is 3. The lowest BCUT2D eigenvalue weighted by molar-refractivity contribution is 0.0511. The molecule has 2 aliphatic rings. The van der Waals surface area contributed by atoms with Crippen molar-refractivity contribution in [3.63, 3.8) is 0 Å². The van der Waals surface area contributed by atoms with Crippen LogP contribution in [0.3, 0.4) is 0 Å². The minimum absolute atomic E-state index is 0.0924. The van der Waals surface area contributed by atoms with Gasteiger partial charge in [-0.1, -0.05) is 72.8 Å². The molecule has 0 spiro atoms. The second-order valence-electron chi connectivity index (χ2n) is 6.50. The molecule has 2 aromatic carbocycles. The van der Waals surface area contributed by atoms with Crippen molar-refractivity contribution in [3.8, 4) is 0 Å². The molecule has 0 unspecified atom stereocenters. The molecule has 0 amide bonds. The fraction of sp³-hybridized carbons (Fsp3) is 0.273. The molecular formula is C22H23NO. The minimum Gasteiger partial charge on any atom is -0.378 e. The molecule has 122 valence electrons. The Morgan fingerprint density at radius 3 is 1.96 bits per heavy atom. The number of nitrogens with zero attached hydrogens (tertiary/aromatic N) is 1. The third kappa shape index (κ3) is 2.78. The molecule has 24 heavy (non-hydrogen) atoms. The number of hydrogen-bond donors (Lipinski definition) is 0. The maximum Gasteiger partial charge on any atom is 0.0642 e. The van der Waals surface area contributed by atoms with E-state index in [4.69, 9.17) is 4.74 Å². The first-order valence-corrected chi connectivity index (χ1v) is 8.71. The second-order valence-corrected chi connectivity index (χ2v) is 6.50. The lowest BCUT2D eigenvalue weighted by Crippen LogP contribution is -2.39. The summed E-state index contributed by atoms with van der Waals surface area (Å²) in [5.41, 5.74) is 4.02. The predicted molar refractivity (Wildman–Crippen MR) is 97.9 cm³/mol. The SMILES string of the molecule is C1=CC(c2ccccc2)(c2ccccc2)CC(N2CCOCC2)=C1. The number of ether oxygens (including phenoxy) is 1. The van der Waals surface area contributed by atoms with Crippen LogP contribution < -0.4 is 0 Å². The third-order valence-corrected chi connectivity index (χ3v) is 5.12. The standard InChI is InChI=1S/C22H23NO/c1-3-8-19(9-4-1)22(20-10-5-2-6-11-20)13-7-12-21(18-22)23-14-16-24-17-15-23/h1-13H,14-18H2. The number of benzene rings is 2. The van der Waals surface area contributed by atoms with Gasteiger partial charge in [0.25, 0.3) is 0 Å². The minimum atomic E-state index is -0.0924. The molecule has 0 aromatic heterocycles. The van der Waals surface area contributed by atoms with Gasteiger partial charge in [0.1, 0.15) is 0 Å². The molecular weight excluding hydrogens is 294 g/mol. The third-order valence-electron chi connectivity index (χ3n) is 5.12. The summed E-state index contributed by atoms with van der Waals surface area (Å²) in [4.78, 5) is 2.48. The van der Waals surface area contributed by atoms with Crippen LogP contribution >= 0.6 is 0 Å². The summed E-state index contributed by atoms with van der Waals surface area (Å²) in [5.74, 6) is 0. The monoisotopic (exact) mass is 317 g/mol. The van der Waals surface area contributed by atoms with Crippen molar-refractivity contribution in [1.29, 1.82) is 0 Å². The summed E-state index contributed by atoms with van der Waals surface area (Å²) in [6.07, 6.45) is 7.86. The molecule has 1 fully saturated rings. The van der Waals surface area contributed by atoms with Crippen molar-refractivity contribution in [1.82, 2.24) is 4.90 Å². The number of hydrogen-bond acceptors (Lipinski definition) is 2. The number of allylic oxidation sites excluding steroid dienone is 4. The molecule has 2 heteroatoms. The summed E-state index contributed by atoms with van der Waals surface area (Å²) in [7, 11) is 0. The van der Waals surface area contributed by atoms with E-state index in [-0.39, 0.29) is 5.41 Å². The molecule has 0 atom stereocenters. The number of morpholine rings is 1. The van der Waals surface area contributed by atoms with E-state index in [9.17, 15) is 0 Å². The Balaban J connectivity index is 1.75. The van der Waals surface area contributed by atoms with Crippen LogP contribution in [0.15, 0.2) is 84.6 Å². The van der Waals surface area contributed by atoms with Crippen LogP contribution in [-0.2, 0) is 10.2 Å². The van der Waals surface area contributed by atoms with E-state index in [1.807, 2.05) is 0 Å². The first kappa shape index (κ1) is 15.2. The van der Waals surface area contributed by atoms with E-state index in [2.05, 4.69) is 83.8 Å². The molecule has 2 aromatic rings. The zero-order valence-electron chi connectivity index (χ0n) is 13.9. The molecule has 1 saturated heterocycles. The molecule has 1 heterocycles. The Labute approximate surface area is 144 Å². The molecule has 0 radical (unpaired) electrons. The van der Waals surface area contributed by atoms with Crippen molar-refractivity contribution in [2.75, 3.05) is 26.3 Å². The Hall–Kier alpha value is -2.32. The van der Waals surface area contributed by atoms with Crippen molar-refractivity contribution >= 4 is 0 Å². The van der Waals surface area contributed by atoms with Gasteiger partial charge in [-0.3, -0.25) is 0 Å². The summed E-state index contributed by atoms with van der Waals surface area (Å²) in [5, 5.41) is 0. The maximum atomic E-state index is 5.52. The highest BCUT2D eigenvalue weighted by molar-refractivity contribution is 5.48. The highest BCUT2D eigenvalue weighted by Crippen LogP contribution is 2.42. The first-order chi connectivity index (χ1) is 11.9. The van der Waals surface area contributed by atoms with Crippen LogP contribution in [0.25, 0.3) is 0 Å². The summed E-state index contributed by atoms with van der Waals surface area (Å²) in [6.45, 7) is 3.62. The quantitative estimate of drug-likeness (QED) is 0.843. The van der Waals surface area contributed by atoms with Gasteiger partial charge < -0.3 is 9.64 Å². The van der Waals surface area contributed by atoms with Gasteiger partial charge in [-0.05, 0) is 17.2 Å². The second kappa shape index (κ2) is 6.66. The normalized spacial score (nSPS) is 19.8. The van der Waals surface area contributed by atoms with Crippen LogP contribution in [0, 0.1) is 0 Å². The van der Waals surface area contributed by atoms with Gasteiger partial charge >= 0.3 is 0 Å². The topological polar surface area (TPSA) is 12.5 Å². The van der Waals surface area contributed by atoms with Gasteiger partial charge in [0, 0.05) is 30.6 Å². The zero-order valence-corrected chi connectivity index (χ0v) is 13.9. The predicted octanol–water partition coefficient (Wildman–Crippen LogP) is 4.15. The van der Waals surface area contributed by atoms with Crippen LogP contribution in [-0.4, -0.2) is 31.2 Å². The highest BCUT2D eigenvalue weighted by atomic mass is 16.5. The molecule has 0 saturated carbocycles. The van der Waals surface area contributed by atoms with Crippen LogP contribution in [0.5, 0.6) is 0 Å². The van der Waals surface area contributed by atoms with Gasteiger partial charge in [0.2, 0.25) is 0 Å². The lowest BCUT2D eigenvalue weighted by atomic mass is 9.69. The highest BCUT2D eigenvalue weighted by Gasteiger charge is 2.35. The summed E-state index contributed by atoms with van der Waals surface area (Å²) < 4.78 is 5.52. The van der Waals surface area contributed by atoms with Gasteiger partial charge in [0.15, 0.2) is 0 Å². The molecule has 1 aliphatic heterocycles. The van der Waals surface area contributed by atoms with E-state index >= 15 is 0 Å². The van der Waals surface area contributed by atoms with E-state index < -0.39 is 0 Å². The first-order valence-electron chi connectivity index (χ1n) is 8.71. The Morgan fingerprint density at radius 2 is 1.38 bits per heavy atom. The summed E-state index contributed by atoms with van der Waals surface area (Å²) >= 11 is 0. The molecule has 2 nitrogen and oxygen atoms in total. The van der Waals surface area contributed by atoms with Gasteiger partial charge in [-0.15, -0.1) is 0 Å². The molecule has 1 aliphatic carbocycles. The van der Waals surface area contributed by atoms with Gasteiger partial charge in [-0.25, -0.2) is 0 Å². The Bertz CT molecular complexity index is 688. The fourth-order valence-electron chi connectivity index (χ4n) is 3.83. The van der Waals surface area contributed by atoms with Crippen LogP contribution in [0.4, 0.5) is 0 Å². The van der Waals surface area contributed by atoms with E-state index in [1.54, 1.807) is 0 Å². The van der Waals surface area contributed by atoms with Crippen molar-refractivity contribution < 1.29 is 4.74 Å². The van der Waals surface area contributed by atoms with E-state index in [0.717, 1.165) is 32.7 Å². The van der Waals surface area contributed by atoms with Crippen LogP contribution in [0.1, 0.15) is 17.5 Å². The van der Waals surface area contributed by atoms with Crippen LogP contribution in [0.2, 0.25) is 0 Å². The maximum absolute atomic E-state index is 5.52. The molecule has 4 rings (SSSR count). The Kier molecular flexibility index (Phi) is 4.22. The Morgan fingerprint density at radius 1 is 0.792 bits per heavy atom. The molecule has 0 bridgehead atoms. The average Bonchev–Trinajstić information content (AvgIpc) is 2.70. The van der Waals surface area contributed by atoms with Crippen molar-refractivity contribution in [2.24, 2.45) is 0 Å². The van der Waals surface area contributed by atoms with Crippen molar-refractivity contribution in [3.05, 3.63) is 95.7 Å². The fourth-order valence-corrected chi connectivity index (χ4v) is 3.83. The van der Waals surface area contributed by atoms with E-state index in [1.165, 1.54) is 16.8 Å². The average molecular weight is 317 g/mol. The van der Waals surface area contributed by atoms with Crippen molar-refractivity contribution in [2.45, 2.75) is 11.8 Å². The smallest absolute Gasteiger partial charge is 0.0642 e. The zero-order chi connectivity index (χ0) is 16.2. The van der Waals surface area contributed by atoms with Gasteiger partial charge in [-0.2, -0.15) is 0 Å². The summed E-state index contributed by atoms with van der Waals surface area (Å²) in [6, 6.07) is 21.7. The lowest BCUT2D eigenvalue weighted by Gasteiger charge is -2.40. The van der Waals surface area contributed by atoms with E-state index in [0.29, 0.717) is 0 Å². The molecule has 0 N–H and O–H groups in total. The largest absolute Gasteiger partial charge is 0.378 e.